The van der Waals surface area contributed by atoms with E-state index in [1.807, 2.05) is 0 Å². The Morgan fingerprint density at radius 2 is 1.64 bits per heavy atom. The number of hydrogen-bond donors (Lipinski definition) is 3. The van der Waals surface area contributed by atoms with Crippen molar-refractivity contribution in [1.29, 1.82) is 0 Å². The largest absolute Gasteiger partial charge is 1.00 e. The van der Waals surface area contributed by atoms with Gasteiger partial charge in [0.05, 0.1) is 6.61 Å². The van der Waals surface area contributed by atoms with Crippen molar-refractivity contribution in [3.8, 4) is 0 Å². The third kappa shape index (κ3) is 32.3. The predicted molar refractivity (Wildman–Crippen MR) is 82.3 cm³/mol. The van der Waals surface area contributed by atoms with Crippen molar-refractivity contribution in [3.63, 3.8) is 0 Å². The first-order chi connectivity index (χ1) is 9.68. The molecule has 6 nitrogen and oxygen atoms in total. The number of carbonyl (C=O) groups is 1. The number of carbonyl (C=O) groups excluding carboxylic acids is 1. The maximum Gasteiger partial charge on any atom is 1.00 e. The topological polar surface area (TPSA) is 104 Å². The van der Waals surface area contributed by atoms with Gasteiger partial charge in [0.1, 0.15) is 0 Å². The zero-order valence-electron chi connectivity index (χ0n) is 14.0. The molecular formula is C14H28NaO6P. The summed E-state index contributed by atoms with van der Waals surface area (Å²) in [6.07, 6.45) is 10.7. The fourth-order valence-electron chi connectivity index (χ4n) is 1.38. The monoisotopic (exact) mass is 346 g/mol. The SMILES string of the molecule is C=C(C)C(=O)OCCC[CH-]CCCCCC.O=P(O)(O)O.[Na+]. The van der Waals surface area contributed by atoms with Crippen molar-refractivity contribution >= 4 is 13.8 Å². The number of esters is 1. The van der Waals surface area contributed by atoms with E-state index in [1.54, 1.807) is 6.92 Å². The number of ether oxygens (including phenoxy) is 1. The van der Waals surface area contributed by atoms with Gasteiger partial charge in [0.15, 0.2) is 0 Å². The molecule has 0 aromatic carbocycles. The van der Waals surface area contributed by atoms with Gasteiger partial charge in [-0.15, -0.1) is 0 Å². The first-order valence-electron chi connectivity index (χ1n) is 7.11. The van der Waals surface area contributed by atoms with Crippen molar-refractivity contribution in [1.82, 2.24) is 0 Å². The summed E-state index contributed by atoms with van der Waals surface area (Å²) in [7, 11) is -4.64. The first-order valence-corrected chi connectivity index (χ1v) is 8.67. The van der Waals surface area contributed by atoms with Crippen LogP contribution in [0.3, 0.4) is 0 Å². The van der Waals surface area contributed by atoms with Crippen LogP contribution in [0, 0.1) is 6.42 Å². The van der Waals surface area contributed by atoms with Crippen LogP contribution in [0.25, 0.3) is 0 Å². The van der Waals surface area contributed by atoms with Gasteiger partial charge < -0.3 is 25.8 Å². The van der Waals surface area contributed by atoms with E-state index in [9.17, 15) is 4.79 Å². The normalized spacial score (nSPS) is 10.0. The van der Waals surface area contributed by atoms with E-state index in [-0.39, 0.29) is 35.5 Å². The first kappa shape index (κ1) is 27.2. The van der Waals surface area contributed by atoms with Gasteiger partial charge in [0.2, 0.25) is 0 Å². The van der Waals surface area contributed by atoms with Crippen molar-refractivity contribution in [2.24, 2.45) is 0 Å². The Bertz CT molecular complexity index is 321. The molecule has 0 aromatic heterocycles. The van der Waals surface area contributed by atoms with E-state index in [1.165, 1.54) is 32.1 Å². The summed E-state index contributed by atoms with van der Waals surface area (Å²) in [5.74, 6) is -0.275. The molecular weight excluding hydrogens is 318 g/mol. The molecule has 126 valence electrons. The Labute approximate surface area is 155 Å². The minimum Gasteiger partial charge on any atom is -0.462 e. The smallest absolute Gasteiger partial charge is 0.462 e. The fourth-order valence-corrected chi connectivity index (χ4v) is 1.38. The predicted octanol–water partition coefficient (Wildman–Crippen LogP) is 0.136. The molecule has 0 aliphatic rings. The number of unbranched alkanes of at least 4 members (excludes halogenated alkanes) is 7. The summed E-state index contributed by atoms with van der Waals surface area (Å²) in [6.45, 7) is 7.93. The molecule has 0 fully saturated rings. The molecule has 0 rings (SSSR count). The summed E-state index contributed by atoms with van der Waals surface area (Å²) in [5, 5.41) is 0. The van der Waals surface area contributed by atoms with Gasteiger partial charge in [-0.1, -0.05) is 39.2 Å². The second-order valence-electron chi connectivity index (χ2n) is 4.71. The van der Waals surface area contributed by atoms with E-state index in [0.717, 1.165) is 12.8 Å². The van der Waals surface area contributed by atoms with Gasteiger partial charge in [-0.25, -0.2) is 9.36 Å². The van der Waals surface area contributed by atoms with Crippen LogP contribution >= 0.6 is 7.82 Å². The van der Waals surface area contributed by atoms with Gasteiger partial charge in [0, 0.05) is 5.57 Å². The van der Waals surface area contributed by atoms with Crippen molar-refractivity contribution in [2.75, 3.05) is 6.61 Å². The number of phosphoric acid groups is 1. The molecule has 8 heteroatoms. The molecule has 0 aliphatic carbocycles. The quantitative estimate of drug-likeness (QED) is 0.130. The van der Waals surface area contributed by atoms with E-state index >= 15 is 0 Å². The minimum absolute atomic E-state index is 0. The van der Waals surface area contributed by atoms with Crippen LogP contribution in [-0.4, -0.2) is 27.3 Å². The molecule has 0 saturated carbocycles. The summed E-state index contributed by atoms with van der Waals surface area (Å²) in [5.41, 5.74) is 0.476. The molecule has 0 aromatic rings. The molecule has 0 saturated heterocycles. The summed E-state index contributed by atoms with van der Waals surface area (Å²) < 4.78 is 13.9. The molecule has 0 spiro atoms. The Hall–Kier alpha value is 0.320. The van der Waals surface area contributed by atoms with Crippen molar-refractivity contribution in [2.45, 2.75) is 58.8 Å². The van der Waals surface area contributed by atoms with Crippen LogP contribution in [0.2, 0.25) is 0 Å². The van der Waals surface area contributed by atoms with Crippen LogP contribution in [-0.2, 0) is 14.1 Å². The van der Waals surface area contributed by atoms with Gasteiger partial charge in [-0.05, 0) is 13.3 Å². The standard InChI is InChI=1S/C14H25O2.Na.H3O4P/c1-4-5-6-7-8-9-10-11-12-16-14(15)13(2)3;;1-5(2,3)4/h9H,2,4-8,10-12H2,1,3H3;;(H3,1,2,3,4)/q-1;+1;. The number of rotatable bonds is 10. The Balaban J connectivity index is -0.000000520. The Kier molecular flexibility index (Phi) is 21.8. The molecule has 0 amide bonds. The average molecular weight is 346 g/mol. The van der Waals surface area contributed by atoms with E-state index in [2.05, 4.69) is 19.9 Å². The molecule has 0 bridgehead atoms. The summed E-state index contributed by atoms with van der Waals surface area (Å²) in [6, 6.07) is 0. The second-order valence-corrected chi connectivity index (χ2v) is 5.74. The van der Waals surface area contributed by atoms with E-state index in [4.69, 9.17) is 24.0 Å². The molecule has 0 heterocycles. The zero-order valence-corrected chi connectivity index (χ0v) is 16.8. The molecule has 0 aliphatic heterocycles. The van der Waals surface area contributed by atoms with E-state index < -0.39 is 7.82 Å². The third-order valence-corrected chi connectivity index (χ3v) is 2.40. The molecule has 0 radical (unpaired) electrons. The zero-order chi connectivity index (χ0) is 16.7. The second kappa shape index (κ2) is 17.7. The maximum atomic E-state index is 11.0. The van der Waals surface area contributed by atoms with Gasteiger partial charge in [-0.3, -0.25) is 0 Å². The number of hydrogen-bond acceptors (Lipinski definition) is 3. The van der Waals surface area contributed by atoms with Crippen LogP contribution in [0.4, 0.5) is 0 Å². The minimum atomic E-state index is -4.64. The Morgan fingerprint density at radius 1 is 1.14 bits per heavy atom. The third-order valence-electron chi connectivity index (χ3n) is 2.40. The van der Waals surface area contributed by atoms with Gasteiger partial charge in [0.25, 0.3) is 0 Å². The van der Waals surface area contributed by atoms with Crippen molar-refractivity contribution in [3.05, 3.63) is 18.6 Å². The van der Waals surface area contributed by atoms with Gasteiger partial charge in [-0.2, -0.15) is 12.8 Å². The van der Waals surface area contributed by atoms with Gasteiger partial charge >= 0.3 is 43.3 Å². The van der Waals surface area contributed by atoms with Crippen LogP contribution in [0.15, 0.2) is 12.2 Å². The van der Waals surface area contributed by atoms with Crippen LogP contribution in [0.5, 0.6) is 0 Å². The van der Waals surface area contributed by atoms with Crippen molar-refractivity contribution < 1.29 is 58.3 Å². The molecule has 0 unspecified atom stereocenters. The van der Waals surface area contributed by atoms with E-state index in [0.29, 0.717) is 12.2 Å². The maximum absolute atomic E-state index is 11.0. The summed E-state index contributed by atoms with van der Waals surface area (Å²) in [4.78, 5) is 32.6. The van der Waals surface area contributed by atoms with Crippen LogP contribution in [0.1, 0.15) is 58.8 Å². The molecule has 0 atom stereocenters. The summed E-state index contributed by atoms with van der Waals surface area (Å²) >= 11 is 0. The molecule has 22 heavy (non-hydrogen) atoms. The average Bonchev–Trinajstić information content (AvgIpc) is 2.34. The fraction of sp³-hybridized carbons (Fsp3) is 0.714. The van der Waals surface area contributed by atoms with Crippen LogP contribution < -0.4 is 29.6 Å². The Morgan fingerprint density at radius 3 is 2.09 bits per heavy atom. The molecule has 3 N–H and O–H groups in total.